The number of nitrogens with one attached hydrogen (secondary N) is 1. The van der Waals surface area contributed by atoms with Gasteiger partial charge in [0, 0.05) is 18.4 Å². The van der Waals surface area contributed by atoms with E-state index in [4.69, 9.17) is 4.74 Å². The number of amides is 1. The zero-order chi connectivity index (χ0) is 19.9. The van der Waals surface area contributed by atoms with E-state index >= 15 is 0 Å². The van der Waals surface area contributed by atoms with Gasteiger partial charge in [-0.05, 0) is 76.3 Å². The molecule has 0 fully saturated rings. The summed E-state index contributed by atoms with van der Waals surface area (Å²) in [6.07, 6.45) is 8.76. The van der Waals surface area contributed by atoms with Crippen molar-refractivity contribution in [2.75, 3.05) is 6.54 Å². The molecule has 0 saturated heterocycles. The molecular formula is C22H27N3O3. The van der Waals surface area contributed by atoms with Crippen molar-refractivity contribution in [3.63, 3.8) is 0 Å². The fraction of sp³-hybridized carbons (Fsp3) is 0.409. The molecule has 0 unspecified atom stereocenters. The summed E-state index contributed by atoms with van der Waals surface area (Å²) in [6, 6.07) is 8.88. The SMILES string of the molecule is Cc1ccnn1-c1ccc(C(=O)O[C@H](C)C(=O)NCCC2=CCCCC2)cc1. The number of esters is 1. The zero-order valence-corrected chi connectivity index (χ0v) is 16.5. The third kappa shape index (κ3) is 5.09. The van der Waals surface area contributed by atoms with Gasteiger partial charge in [0.05, 0.1) is 11.3 Å². The molecule has 0 spiro atoms. The predicted octanol–water partition coefficient (Wildman–Crippen LogP) is 3.73. The number of ether oxygens (including phenoxy) is 1. The van der Waals surface area contributed by atoms with Gasteiger partial charge in [-0.1, -0.05) is 11.6 Å². The summed E-state index contributed by atoms with van der Waals surface area (Å²) in [5, 5.41) is 7.09. The minimum Gasteiger partial charge on any atom is -0.449 e. The van der Waals surface area contributed by atoms with Gasteiger partial charge in [-0.25, -0.2) is 9.48 Å². The molecule has 0 bridgehead atoms. The van der Waals surface area contributed by atoms with Crippen molar-refractivity contribution >= 4 is 11.9 Å². The van der Waals surface area contributed by atoms with Crippen LogP contribution < -0.4 is 5.32 Å². The van der Waals surface area contributed by atoms with E-state index in [9.17, 15) is 9.59 Å². The van der Waals surface area contributed by atoms with Crippen molar-refractivity contribution in [2.24, 2.45) is 0 Å². The average molecular weight is 381 g/mol. The Morgan fingerprint density at radius 3 is 2.64 bits per heavy atom. The van der Waals surface area contributed by atoms with Crippen LogP contribution in [-0.4, -0.2) is 34.3 Å². The van der Waals surface area contributed by atoms with Crippen LogP contribution in [0.4, 0.5) is 0 Å². The number of benzene rings is 1. The van der Waals surface area contributed by atoms with Crippen LogP contribution in [0.3, 0.4) is 0 Å². The fourth-order valence-electron chi connectivity index (χ4n) is 3.28. The first-order valence-corrected chi connectivity index (χ1v) is 9.82. The molecule has 148 valence electrons. The number of aromatic nitrogens is 2. The lowest BCUT2D eigenvalue weighted by Crippen LogP contribution is -2.36. The van der Waals surface area contributed by atoms with E-state index in [1.54, 1.807) is 42.1 Å². The van der Waals surface area contributed by atoms with Crippen LogP contribution in [0.1, 0.15) is 55.1 Å². The van der Waals surface area contributed by atoms with Gasteiger partial charge in [0.1, 0.15) is 0 Å². The van der Waals surface area contributed by atoms with Crippen LogP contribution in [0.15, 0.2) is 48.2 Å². The maximum atomic E-state index is 12.3. The smallest absolute Gasteiger partial charge is 0.338 e. The highest BCUT2D eigenvalue weighted by atomic mass is 16.5. The average Bonchev–Trinajstić information content (AvgIpc) is 3.14. The quantitative estimate of drug-likeness (QED) is 0.586. The second-order valence-electron chi connectivity index (χ2n) is 7.13. The van der Waals surface area contributed by atoms with Gasteiger partial charge >= 0.3 is 5.97 Å². The van der Waals surface area contributed by atoms with Crippen LogP contribution in [0, 0.1) is 6.92 Å². The zero-order valence-electron chi connectivity index (χ0n) is 16.5. The molecule has 0 radical (unpaired) electrons. The number of carbonyl (C=O) groups excluding carboxylic acids is 2. The summed E-state index contributed by atoms with van der Waals surface area (Å²) in [4.78, 5) is 24.5. The Balaban J connectivity index is 1.48. The second-order valence-corrected chi connectivity index (χ2v) is 7.13. The Morgan fingerprint density at radius 2 is 2.00 bits per heavy atom. The maximum absolute atomic E-state index is 12.3. The third-order valence-corrected chi connectivity index (χ3v) is 4.96. The molecule has 1 aliphatic carbocycles. The van der Waals surface area contributed by atoms with E-state index in [1.807, 2.05) is 13.0 Å². The summed E-state index contributed by atoms with van der Waals surface area (Å²) < 4.78 is 7.09. The van der Waals surface area contributed by atoms with E-state index in [0.717, 1.165) is 30.6 Å². The predicted molar refractivity (Wildman–Crippen MR) is 107 cm³/mol. The van der Waals surface area contributed by atoms with Gasteiger partial charge in [-0.15, -0.1) is 0 Å². The topological polar surface area (TPSA) is 73.2 Å². The minimum absolute atomic E-state index is 0.270. The van der Waals surface area contributed by atoms with Crippen LogP contribution in [-0.2, 0) is 9.53 Å². The number of rotatable bonds is 7. The van der Waals surface area contributed by atoms with E-state index in [-0.39, 0.29) is 5.91 Å². The molecule has 1 aromatic heterocycles. The number of nitrogens with zero attached hydrogens (tertiary/aromatic N) is 2. The van der Waals surface area contributed by atoms with Gasteiger partial charge in [0.25, 0.3) is 5.91 Å². The van der Waals surface area contributed by atoms with E-state index < -0.39 is 12.1 Å². The summed E-state index contributed by atoms with van der Waals surface area (Å²) in [5.74, 6) is -0.782. The number of hydrogen-bond acceptors (Lipinski definition) is 4. The summed E-state index contributed by atoms with van der Waals surface area (Å²) in [6.45, 7) is 4.12. The van der Waals surface area contributed by atoms with Crippen LogP contribution in [0.5, 0.6) is 0 Å². The molecule has 1 aliphatic rings. The first kappa shape index (κ1) is 19.9. The molecular weight excluding hydrogens is 354 g/mol. The third-order valence-electron chi connectivity index (χ3n) is 4.96. The van der Waals surface area contributed by atoms with E-state index in [0.29, 0.717) is 12.1 Å². The van der Waals surface area contributed by atoms with Crippen LogP contribution in [0.25, 0.3) is 5.69 Å². The Bertz CT molecular complexity index is 852. The summed E-state index contributed by atoms with van der Waals surface area (Å²) >= 11 is 0. The molecule has 0 aliphatic heterocycles. The molecule has 0 saturated carbocycles. The molecule has 1 atom stereocenters. The van der Waals surface area contributed by atoms with Gasteiger partial charge in [-0.2, -0.15) is 5.10 Å². The monoisotopic (exact) mass is 381 g/mol. The molecule has 1 N–H and O–H groups in total. The highest BCUT2D eigenvalue weighted by Crippen LogP contribution is 2.19. The van der Waals surface area contributed by atoms with Gasteiger partial charge in [-0.3, -0.25) is 4.79 Å². The van der Waals surface area contributed by atoms with Crippen LogP contribution >= 0.6 is 0 Å². The highest BCUT2D eigenvalue weighted by Gasteiger charge is 2.19. The second kappa shape index (κ2) is 9.35. The van der Waals surface area contributed by atoms with Crippen molar-refractivity contribution in [2.45, 2.75) is 52.1 Å². The number of carbonyl (C=O) groups is 2. The molecule has 28 heavy (non-hydrogen) atoms. The molecule has 6 heteroatoms. The molecule has 3 rings (SSSR count). The molecule has 1 amide bonds. The van der Waals surface area contributed by atoms with E-state index in [1.165, 1.54) is 18.4 Å². The van der Waals surface area contributed by atoms with Crippen molar-refractivity contribution in [3.05, 3.63) is 59.4 Å². The molecule has 2 aromatic rings. The lowest BCUT2D eigenvalue weighted by molar-refractivity contribution is -0.129. The Morgan fingerprint density at radius 1 is 1.21 bits per heavy atom. The first-order chi connectivity index (χ1) is 13.5. The lowest BCUT2D eigenvalue weighted by Gasteiger charge is -2.16. The number of allylic oxidation sites excluding steroid dienone is 1. The lowest BCUT2D eigenvalue weighted by atomic mass is 9.97. The number of aryl methyl sites for hydroxylation is 1. The van der Waals surface area contributed by atoms with Crippen molar-refractivity contribution in [1.82, 2.24) is 15.1 Å². The molecule has 6 nitrogen and oxygen atoms in total. The Kier molecular flexibility index (Phi) is 6.63. The standard InChI is InChI=1S/C22H27N3O3/c1-16-12-15-24-25(16)20-10-8-19(9-11-20)22(27)28-17(2)21(26)23-14-13-18-6-4-3-5-7-18/h6,8-12,15,17H,3-5,7,13-14H2,1-2H3,(H,23,26)/t17-/m1/s1. The Hall–Kier alpha value is -2.89. The largest absolute Gasteiger partial charge is 0.449 e. The minimum atomic E-state index is -0.833. The van der Waals surface area contributed by atoms with Crippen molar-refractivity contribution in [1.29, 1.82) is 0 Å². The van der Waals surface area contributed by atoms with Gasteiger partial charge < -0.3 is 10.1 Å². The molecule has 1 aromatic carbocycles. The van der Waals surface area contributed by atoms with Gasteiger partial charge in [0.15, 0.2) is 6.10 Å². The van der Waals surface area contributed by atoms with Gasteiger partial charge in [0.2, 0.25) is 0 Å². The Labute approximate surface area is 165 Å². The normalized spacial score (nSPS) is 14.9. The van der Waals surface area contributed by atoms with Crippen molar-refractivity contribution in [3.8, 4) is 5.69 Å². The molecule has 1 heterocycles. The van der Waals surface area contributed by atoms with Crippen molar-refractivity contribution < 1.29 is 14.3 Å². The van der Waals surface area contributed by atoms with E-state index in [2.05, 4.69) is 16.5 Å². The highest BCUT2D eigenvalue weighted by molar-refractivity contribution is 5.92. The maximum Gasteiger partial charge on any atom is 0.338 e. The first-order valence-electron chi connectivity index (χ1n) is 9.82. The summed E-state index contributed by atoms with van der Waals surface area (Å²) in [5.41, 5.74) is 3.68. The number of hydrogen-bond donors (Lipinski definition) is 1. The van der Waals surface area contributed by atoms with Crippen LogP contribution in [0.2, 0.25) is 0 Å². The summed E-state index contributed by atoms with van der Waals surface area (Å²) in [7, 11) is 0. The fourth-order valence-corrected chi connectivity index (χ4v) is 3.28.